The van der Waals surface area contributed by atoms with Gasteiger partial charge in [0.05, 0.1) is 5.71 Å². The Bertz CT molecular complexity index is 1280. The predicted molar refractivity (Wildman–Crippen MR) is 140 cm³/mol. The van der Waals surface area contributed by atoms with Crippen LogP contribution in [0.3, 0.4) is 0 Å². The Kier molecular flexibility index (Phi) is 5.19. The molecule has 0 radical (unpaired) electrons. The average Bonchev–Trinajstić information content (AvgIpc) is 3.49. The molecule has 178 valence electrons. The summed E-state index contributed by atoms with van der Waals surface area (Å²) in [4.78, 5) is 9.14. The van der Waals surface area contributed by atoms with E-state index in [4.69, 9.17) is 4.99 Å². The van der Waals surface area contributed by atoms with Crippen LogP contribution in [-0.2, 0) is 0 Å². The van der Waals surface area contributed by atoms with Crippen LogP contribution in [0.4, 0.5) is 5.69 Å². The first-order valence-corrected chi connectivity index (χ1v) is 13.4. The molecule has 0 saturated carbocycles. The van der Waals surface area contributed by atoms with E-state index in [2.05, 4.69) is 70.9 Å². The highest BCUT2D eigenvalue weighted by molar-refractivity contribution is 7.15. The Morgan fingerprint density at radius 3 is 2.56 bits per heavy atom. The molecule has 1 atom stereocenters. The van der Waals surface area contributed by atoms with Gasteiger partial charge in [-0.15, -0.1) is 21.5 Å². The zero-order valence-electron chi connectivity index (χ0n) is 20.9. The molecule has 1 aromatic carbocycles. The third kappa shape index (κ3) is 3.35. The lowest BCUT2D eigenvalue weighted by Crippen LogP contribution is -2.41. The van der Waals surface area contributed by atoms with Crippen molar-refractivity contribution < 1.29 is 0 Å². The molecule has 3 aromatic rings. The summed E-state index contributed by atoms with van der Waals surface area (Å²) in [6.07, 6.45) is 3.92. The van der Waals surface area contributed by atoms with Gasteiger partial charge in [0, 0.05) is 41.3 Å². The summed E-state index contributed by atoms with van der Waals surface area (Å²) in [5.41, 5.74) is 8.06. The zero-order valence-corrected chi connectivity index (χ0v) is 21.7. The molecule has 0 unspecified atom stereocenters. The highest BCUT2D eigenvalue weighted by atomic mass is 32.1. The fraction of sp³-hybridized carbons (Fsp3) is 0.519. The van der Waals surface area contributed by atoms with Crippen LogP contribution < -0.4 is 10.2 Å². The highest BCUT2D eigenvalue weighted by Gasteiger charge is 2.37. The van der Waals surface area contributed by atoms with E-state index >= 15 is 0 Å². The number of benzene rings is 1. The molecule has 1 spiro atoms. The molecule has 2 fully saturated rings. The van der Waals surface area contributed by atoms with E-state index in [9.17, 15) is 0 Å². The van der Waals surface area contributed by atoms with E-state index in [1.807, 2.05) is 18.3 Å². The molecule has 1 N–H and O–H groups in total. The third-order valence-electron chi connectivity index (χ3n) is 8.32. The van der Waals surface area contributed by atoms with Crippen molar-refractivity contribution >= 4 is 22.7 Å². The van der Waals surface area contributed by atoms with E-state index in [1.165, 1.54) is 70.2 Å². The van der Waals surface area contributed by atoms with Crippen molar-refractivity contribution in [2.45, 2.75) is 59.9 Å². The number of rotatable bonds is 2. The fourth-order valence-corrected chi connectivity index (χ4v) is 7.30. The largest absolute Gasteiger partial charge is 0.371 e. The molecule has 6 rings (SSSR count). The molecule has 34 heavy (non-hydrogen) atoms. The smallest absolute Gasteiger partial charge is 0.162 e. The predicted octanol–water partition coefficient (Wildman–Crippen LogP) is 5.05. The minimum absolute atomic E-state index is 0.0474. The summed E-state index contributed by atoms with van der Waals surface area (Å²) in [6.45, 7) is 15.5. The SMILES string of the molecule is Cc1cc(C2=N[C@@H](C)c3nnc(C)n3-c3sc(C)c(C)c32)ccc1N1CCC2(CCNC2)CC1. The van der Waals surface area contributed by atoms with E-state index in [0.717, 1.165) is 30.5 Å². The van der Waals surface area contributed by atoms with Crippen molar-refractivity contribution in [1.29, 1.82) is 0 Å². The Hall–Kier alpha value is -2.51. The maximum atomic E-state index is 5.23. The van der Waals surface area contributed by atoms with Gasteiger partial charge < -0.3 is 10.2 Å². The molecule has 7 heteroatoms. The number of thiophene rings is 1. The van der Waals surface area contributed by atoms with Crippen molar-refractivity contribution in [3.63, 3.8) is 0 Å². The van der Waals surface area contributed by atoms with Gasteiger partial charge in [0.15, 0.2) is 5.82 Å². The number of aromatic nitrogens is 3. The first-order valence-electron chi connectivity index (χ1n) is 12.5. The van der Waals surface area contributed by atoms with Crippen molar-refractivity contribution in [2.24, 2.45) is 10.4 Å². The number of fused-ring (bicyclic) bond motifs is 3. The van der Waals surface area contributed by atoms with Gasteiger partial charge in [-0.1, -0.05) is 6.07 Å². The number of aliphatic imine (C=N–C) groups is 1. The number of hydrogen-bond acceptors (Lipinski definition) is 6. The fourth-order valence-electron chi connectivity index (χ4n) is 6.08. The van der Waals surface area contributed by atoms with Crippen LogP contribution in [0.1, 0.15) is 71.0 Å². The van der Waals surface area contributed by atoms with Gasteiger partial charge >= 0.3 is 0 Å². The molecule has 3 aliphatic heterocycles. The van der Waals surface area contributed by atoms with E-state index < -0.39 is 0 Å². The quantitative estimate of drug-likeness (QED) is 0.564. The molecule has 6 nitrogen and oxygen atoms in total. The number of aryl methyl sites for hydroxylation is 3. The second-order valence-corrected chi connectivity index (χ2v) is 11.7. The second-order valence-electron chi connectivity index (χ2n) is 10.5. The summed E-state index contributed by atoms with van der Waals surface area (Å²) in [5, 5.41) is 13.6. The molecular formula is C27H34N6S. The highest BCUT2D eigenvalue weighted by Crippen LogP contribution is 2.41. The van der Waals surface area contributed by atoms with Crippen LogP contribution in [0.2, 0.25) is 0 Å². The zero-order chi connectivity index (χ0) is 23.6. The number of nitrogens with zero attached hydrogens (tertiary/aromatic N) is 5. The normalized spacial score (nSPS) is 21.4. The topological polar surface area (TPSA) is 58.3 Å². The van der Waals surface area contributed by atoms with Crippen LogP contribution in [0.15, 0.2) is 23.2 Å². The monoisotopic (exact) mass is 474 g/mol. The van der Waals surface area contributed by atoms with Gasteiger partial charge in [-0.05, 0) is 89.1 Å². The Labute approximate surface area is 206 Å². The van der Waals surface area contributed by atoms with Crippen molar-refractivity contribution in [2.75, 3.05) is 31.1 Å². The summed E-state index contributed by atoms with van der Waals surface area (Å²) in [7, 11) is 0. The minimum Gasteiger partial charge on any atom is -0.371 e. The first kappa shape index (κ1) is 22.0. The molecular weight excluding hydrogens is 440 g/mol. The van der Waals surface area contributed by atoms with E-state index in [-0.39, 0.29) is 6.04 Å². The van der Waals surface area contributed by atoms with Gasteiger partial charge in [-0.3, -0.25) is 9.56 Å². The van der Waals surface area contributed by atoms with Crippen molar-refractivity contribution in [1.82, 2.24) is 20.1 Å². The van der Waals surface area contributed by atoms with E-state index in [1.54, 1.807) is 0 Å². The lowest BCUT2D eigenvalue weighted by molar-refractivity contribution is 0.247. The number of hydrogen-bond donors (Lipinski definition) is 1. The van der Waals surface area contributed by atoms with Crippen LogP contribution in [0.25, 0.3) is 5.00 Å². The van der Waals surface area contributed by atoms with Gasteiger partial charge in [-0.2, -0.15) is 0 Å². The van der Waals surface area contributed by atoms with Gasteiger partial charge in [0.25, 0.3) is 0 Å². The maximum Gasteiger partial charge on any atom is 0.162 e. The van der Waals surface area contributed by atoms with Gasteiger partial charge in [0.2, 0.25) is 0 Å². The third-order valence-corrected chi connectivity index (χ3v) is 9.51. The maximum absolute atomic E-state index is 5.23. The van der Waals surface area contributed by atoms with Crippen LogP contribution in [0.5, 0.6) is 0 Å². The Balaban J connectivity index is 1.37. The average molecular weight is 475 g/mol. The molecule has 5 heterocycles. The standard InChI is InChI=1S/C27H34N6S/c1-16-14-21(6-7-22(16)32-12-9-27(10-13-32)8-11-28-15-27)24-23-17(2)19(4)34-26(23)33-20(5)30-31-25(33)18(3)29-24/h6-7,14,18,28H,8-13,15H2,1-5H3/t18-/m0/s1. The van der Waals surface area contributed by atoms with Gasteiger partial charge in [-0.25, -0.2) is 0 Å². The molecule has 2 aromatic heterocycles. The lowest BCUT2D eigenvalue weighted by Gasteiger charge is -2.40. The Morgan fingerprint density at radius 1 is 1.06 bits per heavy atom. The minimum atomic E-state index is -0.0474. The number of nitrogens with one attached hydrogen (secondary N) is 1. The first-order chi connectivity index (χ1) is 16.4. The Morgan fingerprint density at radius 2 is 1.85 bits per heavy atom. The summed E-state index contributed by atoms with van der Waals surface area (Å²) >= 11 is 1.82. The molecule has 0 amide bonds. The molecule has 0 aliphatic carbocycles. The number of anilines is 1. The second kappa shape index (κ2) is 8.02. The van der Waals surface area contributed by atoms with Crippen LogP contribution in [0, 0.1) is 33.1 Å². The summed E-state index contributed by atoms with van der Waals surface area (Å²) < 4.78 is 2.21. The lowest BCUT2D eigenvalue weighted by atomic mass is 9.77. The van der Waals surface area contributed by atoms with E-state index in [0.29, 0.717) is 5.41 Å². The molecule has 2 saturated heterocycles. The summed E-state index contributed by atoms with van der Waals surface area (Å²) in [6, 6.07) is 6.91. The van der Waals surface area contributed by atoms with Gasteiger partial charge in [0.1, 0.15) is 16.9 Å². The summed E-state index contributed by atoms with van der Waals surface area (Å²) in [5.74, 6) is 1.85. The molecule has 0 bridgehead atoms. The van der Waals surface area contributed by atoms with Crippen molar-refractivity contribution in [3.8, 4) is 5.00 Å². The molecule has 3 aliphatic rings. The van der Waals surface area contributed by atoms with Crippen molar-refractivity contribution in [3.05, 3.63) is 57.0 Å². The van der Waals surface area contributed by atoms with Crippen LogP contribution in [-0.4, -0.2) is 46.7 Å². The number of piperidine rings is 1. The van der Waals surface area contributed by atoms with Crippen LogP contribution >= 0.6 is 11.3 Å².